The summed E-state index contributed by atoms with van der Waals surface area (Å²) in [6.07, 6.45) is -1.01. The van der Waals surface area contributed by atoms with Gasteiger partial charge in [0.2, 0.25) is 6.79 Å². The summed E-state index contributed by atoms with van der Waals surface area (Å²) in [5.74, 6) is 0.00162. The molecule has 0 radical (unpaired) electrons. The van der Waals surface area contributed by atoms with E-state index < -0.39 is 17.7 Å². The fraction of sp³-hybridized carbons (Fsp3) is 0.200. The predicted molar refractivity (Wildman–Crippen MR) is 75.3 cm³/mol. The maximum atomic E-state index is 13.6. The number of hydrogen-bond donors (Lipinski definition) is 1. The van der Waals surface area contributed by atoms with Crippen LogP contribution in [0.3, 0.4) is 0 Å². The SMILES string of the molecule is OC(Cc1cc(F)ccc1F)c1cc(Br)c2c(c1)OCO2. The van der Waals surface area contributed by atoms with Gasteiger partial charge in [0, 0.05) is 6.42 Å². The molecule has 110 valence electrons. The van der Waals surface area contributed by atoms with E-state index in [4.69, 9.17) is 9.47 Å². The van der Waals surface area contributed by atoms with Crippen molar-refractivity contribution < 1.29 is 23.4 Å². The number of aliphatic hydroxyl groups is 1. The van der Waals surface area contributed by atoms with Gasteiger partial charge in [0.05, 0.1) is 10.6 Å². The molecule has 3 nitrogen and oxygen atoms in total. The molecule has 0 aromatic heterocycles. The Labute approximate surface area is 128 Å². The first-order chi connectivity index (χ1) is 10.0. The molecule has 0 amide bonds. The average Bonchev–Trinajstić information content (AvgIpc) is 2.91. The van der Waals surface area contributed by atoms with Gasteiger partial charge in [0.1, 0.15) is 11.6 Å². The molecule has 21 heavy (non-hydrogen) atoms. The van der Waals surface area contributed by atoms with Crippen molar-refractivity contribution in [1.82, 2.24) is 0 Å². The highest BCUT2D eigenvalue weighted by Gasteiger charge is 2.21. The quantitative estimate of drug-likeness (QED) is 0.910. The van der Waals surface area contributed by atoms with Crippen LogP contribution in [0, 0.1) is 11.6 Å². The smallest absolute Gasteiger partial charge is 0.231 e. The van der Waals surface area contributed by atoms with Crippen LogP contribution in [0.5, 0.6) is 11.5 Å². The molecule has 1 aliphatic heterocycles. The minimum Gasteiger partial charge on any atom is -0.454 e. The van der Waals surface area contributed by atoms with Gasteiger partial charge in [-0.3, -0.25) is 0 Å². The molecule has 1 unspecified atom stereocenters. The van der Waals surface area contributed by atoms with Crippen molar-refractivity contribution in [2.45, 2.75) is 12.5 Å². The fourth-order valence-electron chi connectivity index (χ4n) is 2.21. The van der Waals surface area contributed by atoms with Crippen LogP contribution in [0.15, 0.2) is 34.8 Å². The summed E-state index contributed by atoms with van der Waals surface area (Å²) >= 11 is 3.33. The summed E-state index contributed by atoms with van der Waals surface area (Å²) in [6, 6.07) is 6.49. The maximum Gasteiger partial charge on any atom is 0.231 e. The van der Waals surface area contributed by atoms with Crippen molar-refractivity contribution in [1.29, 1.82) is 0 Å². The van der Waals surface area contributed by atoms with E-state index in [1.165, 1.54) is 0 Å². The van der Waals surface area contributed by atoms with Crippen LogP contribution >= 0.6 is 15.9 Å². The van der Waals surface area contributed by atoms with Crippen LogP contribution in [-0.2, 0) is 6.42 Å². The van der Waals surface area contributed by atoms with Gasteiger partial charge in [-0.15, -0.1) is 0 Å². The zero-order valence-corrected chi connectivity index (χ0v) is 12.4. The average molecular weight is 357 g/mol. The minimum absolute atomic E-state index is 0.0321. The molecule has 1 heterocycles. The molecule has 1 N–H and O–H groups in total. The van der Waals surface area contributed by atoms with Gasteiger partial charge >= 0.3 is 0 Å². The van der Waals surface area contributed by atoms with E-state index in [1.807, 2.05) is 0 Å². The van der Waals surface area contributed by atoms with Crippen LogP contribution in [-0.4, -0.2) is 11.9 Å². The van der Waals surface area contributed by atoms with Gasteiger partial charge in [0.25, 0.3) is 0 Å². The molecule has 0 bridgehead atoms. The Balaban J connectivity index is 1.87. The van der Waals surface area contributed by atoms with E-state index in [0.717, 1.165) is 18.2 Å². The fourth-order valence-corrected chi connectivity index (χ4v) is 2.78. The van der Waals surface area contributed by atoms with Gasteiger partial charge < -0.3 is 14.6 Å². The molecule has 0 fully saturated rings. The summed E-state index contributed by atoms with van der Waals surface area (Å²) in [6.45, 7) is 0.117. The highest BCUT2D eigenvalue weighted by Crippen LogP contribution is 2.41. The Morgan fingerprint density at radius 3 is 2.81 bits per heavy atom. The van der Waals surface area contributed by atoms with E-state index in [9.17, 15) is 13.9 Å². The molecule has 3 rings (SSSR count). The number of fused-ring (bicyclic) bond motifs is 1. The standard InChI is InChI=1S/C15H11BrF2O3/c16-11-4-9(6-14-15(11)21-7-20-14)13(19)5-8-3-10(17)1-2-12(8)18/h1-4,6,13,19H,5,7H2. The Morgan fingerprint density at radius 1 is 1.19 bits per heavy atom. The zero-order chi connectivity index (χ0) is 15.0. The number of benzene rings is 2. The lowest BCUT2D eigenvalue weighted by Crippen LogP contribution is -2.04. The van der Waals surface area contributed by atoms with Gasteiger partial charge in [-0.1, -0.05) is 0 Å². The lowest BCUT2D eigenvalue weighted by Gasteiger charge is -2.13. The highest BCUT2D eigenvalue weighted by molar-refractivity contribution is 9.10. The van der Waals surface area contributed by atoms with Crippen molar-refractivity contribution >= 4 is 15.9 Å². The Kier molecular flexibility index (Phi) is 3.82. The molecular weight excluding hydrogens is 346 g/mol. The Bertz CT molecular complexity index is 691. The normalized spacial score (nSPS) is 14.3. The summed E-state index contributed by atoms with van der Waals surface area (Å²) in [4.78, 5) is 0. The first-order valence-corrected chi connectivity index (χ1v) is 7.05. The predicted octanol–water partition coefficient (Wildman–Crippen LogP) is 3.73. The number of aliphatic hydroxyl groups excluding tert-OH is 1. The van der Waals surface area contributed by atoms with Crippen LogP contribution < -0.4 is 9.47 Å². The third-order valence-electron chi connectivity index (χ3n) is 3.26. The largest absolute Gasteiger partial charge is 0.454 e. The van der Waals surface area contributed by atoms with Crippen LogP contribution in [0.1, 0.15) is 17.2 Å². The molecule has 0 aliphatic carbocycles. The number of halogens is 3. The Morgan fingerprint density at radius 2 is 2.00 bits per heavy atom. The minimum atomic E-state index is -0.980. The molecule has 1 atom stereocenters. The molecule has 0 saturated carbocycles. The van der Waals surface area contributed by atoms with E-state index >= 15 is 0 Å². The van der Waals surface area contributed by atoms with Crippen molar-refractivity contribution in [3.63, 3.8) is 0 Å². The second-order valence-corrected chi connectivity index (χ2v) is 5.55. The lowest BCUT2D eigenvalue weighted by molar-refractivity contribution is 0.171. The van der Waals surface area contributed by atoms with Crippen molar-refractivity contribution in [2.24, 2.45) is 0 Å². The molecule has 0 saturated heterocycles. The summed E-state index contributed by atoms with van der Waals surface area (Å²) < 4.78 is 37.9. The third kappa shape index (κ3) is 2.87. The summed E-state index contributed by atoms with van der Waals surface area (Å²) in [7, 11) is 0. The van der Waals surface area contributed by atoms with Gasteiger partial charge in [-0.05, 0) is 57.4 Å². The molecule has 1 aliphatic rings. The molecule has 2 aromatic rings. The molecular formula is C15H11BrF2O3. The number of hydrogen-bond acceptors (Lipinski definition) is 3. The second-order valence-electron chi connectivity index (χ2n) is 4.69. The monoisotopic (exact) mass is 356 g/mol. The van der Waals surface area contributed by atoms with Gasteiger partial charge in [-0.25, -0.2) is 8.78 Å². The first-order valence-electron chi connectivity index (χ1n) is 6.25. The highest BCUT2D eigenvalue weighted by atomic mass is 79.9. The van der Waals surface area contributed by atoms with Crippen molar-refractivity contribution in [2.75, 3.05) is 6.79 Å². The van der Waals surface area contributed by atoms with E-state index in [-0.39, 0.29) is 18.8 Å². The van der Waals surface area contributed by atoms with E-state index in [0.29, 0.717) is 21.5 Å². The van der Waals surface area contributed by atoms with Gasteiger partial charge in [-0.2, -0.15) is 0 Å². The number of ether oxygens (including phenoxy) is 2. The second kappa shape index (κ2) is 5.61. The van der Waals surface area contributed by atoms with Crippen LogP contribution in [0.2, 0.25) is 0 Å². The van der Waals surface area contributed by atoms with E-state index in [1.54, 1.807) is 12.1 Å². The summed E-state index contributed by atoms with van der Waals surface area (Å²) in [5, 5.41) is 10.2. The molecule has 0 spiro atoms. The van der Waals surface area contributed by atoms with Crippen LogP contribution in [0.4, 0.5) is 8.78 Å². The lowest BCUT2D eigenvalue weighted by atomic mass is 10.0. The topological polar surface area (TPSA) is 38.7 Å². The summed E-state index contributed by atoms with van der Waals surface area (Å²) in [5.41, 5.74) is 0.658. The molecule has 6 heteroatoms. The Hall–Kier alpha value is -1.66. The molecule has 2 aromatic carbocycles. The zero-order valence-electron chi connectivity index (χ0n) is 10.8. The van der Waals surface area contributed by atoms with Crippen molar-refractivity contribution in [3.05, 3.63) is 57.6 Å². The maximum absolute atomic E-state index is 13.6. The van der Waals surface area contributed by atoms with Crippen LogP contribution in [0.25, 0.3) is 0 Å². The van der Waals surface area contributed by atoms with Crippen molar-refractivity contribution in [3.8, 4) is 11.5 Å². The number of rotatable bonds is 3. The van der Waals surface area contributed by atoms with Gasteiger partial charge in [0.15, 0.2) is 11.5 Å². The first kappa shape index (κ1) is 14.3. The third-order valence-corrected chi connectivity index (χ3v) is 3.84. The van der Waals surface area contributed by atoms with E-state index in [2.05, 4.69) is 15.9 Å².